The van der Waals surface area contributed by atoms with Crippen LogP contribution in [0.25, 0.3) is 11.3 Å². The minimum Gasteiger partial charge on any atom is -0.138 e. The Morgan fingerprint density at radius 1 is 1.14 bits per heavy atom. The maximum atomic E-state index is 4.12. The Morgan fingerprint density at radius 2 is 1.86 bits per heavy atom. The molecule has 0 radical (unpaired) electrons. The van der Waals surface area contributed by atoms with Crippen LogP contribution in [0.3, 0.4) is 0 Å². The number of alkyl halides is 2. The first-order chi connectivity index (χ1) is 6.79. The van der Waals surface area contributed by atoms with E-state index in [0.29, 0.717) is 0 Å². The van der Waals surface area contributed by atoms with Crippen molar-refractivity contribution >= 4 is 43.4 Å². The molecule has 2 rings (SSSR count). The van der Waals surface area contributed by atoms with Gasteiger partial charge in [0.15, 0.2) is 0 Å². The maximum Gasteiger partial charge on any atom is 0.111 e. The van der Waals surface area contributed by atoms with Crippen LogP contribution in [-0.2, 0) is 0 Å². The predicted molar refractivity (Wildman–Crippen MR) is 65.9 cm³/mol. The van der Waals surface area contributed by atoms with Crippen molar-refractivity contribution in [3.63, 3.8) is 0 Å². The van der Waals surface area contributed by atoms with Gasteiger partial charge in [-0.3, -0.25) is 0 Å². The lowest BCUT2D eigenvalue weighted by atomic mass is 10.1. The van der Waals surface area contributed by atoms with E-state index in [1.165, 1.54) is 11.5 Å². The molecule has 5 heteroatoms. The van der Waals surface area contributed by atoms with Gasteiger partial charge < -0.3 is 0 Å². The average molecular weight is 334 g/mol. The highest BCUT2D eigenvalue weighted by Crippen LogP contribution is 2.37. The largest absolute Gasteiger partial charge is 0.138 e. The summed E-state index contributed by atoms with van der Waals surface area (Å²) in [6.45, 7) is 0. The molecule has 0 amide bonds. The van der Waals surface area contributed by atoms with E-state index in [-0.39, 0.29) is 3.74 Å². The monoisotopic (exact) mass is 332 g/mol. The van der Waals surface area contributed by atoms with Crippen LogP contribution < -0.4 is 0 Å². The minimum absolute atomic E-state index is 0.116. The van der Waals surface area contributed by atoms with E-state index in [9.17, 15) is 0 Å². The highest BCUT2D eigenvalue weighted by molar-refractivity contribution is 9.24. The van der Waals surface area contributed by atoms with Gasteiger partial charge in [0.2, 0.25) is 0 Å². The van der Waals surface area contributed by atoms with Crippen LogP contribution in [-0.4, -0.2) is 9.59 Å². The molecule has 2 aromatic rings. The summed E-state index contributed by atoms with van der Waals surface area (Å²) in [5, 5.41) is 4.12. The first kappa shape index (κ1) is 10.3. The van der Waals surface area contributed by atoms with Gasteiger partial charge in [0.1, 0.15) is 9.43 Å². The second kappa shape index (κ2) is 4.51. The fourth-order valence-electron chi connectivity index (χ4n) is 1.14. The molecular formula is C9H6Br2N2S. The standard InChI is InChI=1S/C9H6Br2N2S/c10-9(11)8-7(12-13-14-8)6-4-2-1-3-5-6/h1-5,9H. The molecule has 0 aliphatic rings. The number of hydrogen-bond acceptors (Lipinski definition) is 3. The molecular weight excluding hydrogens is 328 g/mol. The lowest BCUT2D eigenvalue weighted by Gasteiger charge is -2.00. The highest BCUT2D eigenvalue weighted by Gasteiger charge is 2.14. The molecule has 0 saturated carbocycles. The second-order valence-electron chi connectivity index (χ2n) is 2.65. The summed E-state index contributed by atoms with van der Waals surface area (Å²) in [4.78, 5) is 1.09. The molecule has 0 aliphatic heterocycles. The normalized spacial score (nSPS) is 10.8. The van der Waals surface area contributed by atoms with Crippen LogP contribution in [0.4, 0.5) is 0 Å². The van der Waals surface area contributed by atoms with Crippen molar-refractivity contribution < 1.29 is 0 Å². The number of hydrogen-bond donors (Lipinski definition) is 0. The Balaban J connectivity index is 2.47. The third kappa shape index (κ3) is 2.04. The predicted octanol–water partition coefficient (Wildman–Crippen LogP) is 3.99. The quantitative estimate of drug-likeness (QED) is 0.776. The summed E-state index contributed by atoms with van der Waals surface area (Å²) in [5.41, 5.74) is 2.04. The van der Waals surface area contributed by atoms with Gasteiger partial charge in [-0.2, -0.15) is 0 Å². The summed E-state index contributed by atoms with van der Waals surface area (Å²) in [6.07, 6.45) is 0. The first-order valence-electron chi connectivity index (χ1n) is 3.95. The molecule has 0 saturated heterocycles. The molecule has 1 heterocycles. The molecule has 0 aliphatic carbocycles. The topological polar surface area (TPSA) is 25.8 Å². The van der Waals surface area contributed by atoms with E-state index in [4.69, 9.17) is 0 Å². The summed E-state index contributed by atoms with van der Waals surface area (Å²) in [7, 11) is 0. The Kier molecular flexibility index (Phi) is 3.30. The summed E-state index contributed by atoms with van der Waals surface area (Å²) in [5.74, 6) is 0. The summed E-state index contributed by atoms with van der Waals surface area (Å²) < 4.78 is 4.07. The molecule has 0 fully saturated rings. The minimum atomic E-state index is 0.116. The van der Waals surface area contributed by atoms with Crippen LogP contribution in [0, 0.1) is 0 Å². The van der Waals surface area contributed by atoms with Crippen molar-refractivity contribution in [1.29, 1.82) is 0 Å². The van der Waals surface area contributed by atoms with Gasteiger partial charge in [-0.15, -0.1) is 5.10 Å². The fourth-order valence-corrected chi connectivity index (χ4v) is 2.61. The molecule has 0 N–H and O–H groups in total. The van der Waals surface area contributed by atoms with Gasteiger partial charge in [0.05, 0.1) is 4.88 Å². The average Bonchev–Trinajstić information content (AvgIpc) is 2.67. The molecule has 0 spiro atoms. The van der Waals surface area contributed by atoms with E-state index in [0.717, 1.165) is 16.1 Å². The highest BCUT2D eigenvalue weighted by atomic mass is 79.9. The smallest absolute Gasteiger partial charge is 0.111 e. The van der Waals surface area contributed by atoms with Crippen molar-refractivity contribution in [2.45, 2.75) is 3.74 Å². The van der Waals surface area contributed by atoms with Gasteiger partial charge in [-0.25, -0.2) is 0 Å². The third-order valence-corrected chi connectivity index (χ3v) is 4.07. The van der Waals surface area contributed by atoms with Crippen molar-refractivity contribution in [3.05, 3.63) is 35.2 Å². The Hall–Kier alpha value is -0.260. The van der Waals surface area contributed by atoms with E-state index in [2.05, 4.69) is 41.4 Å². The molecule has 1 aromatic carbocycles. The van der Waals surface area contributed by atoms with E-state index < -0.39 is 0 Å². The molecule has 72 valence electrons. The first-order valence-corrected chi connectivity index (χ1v) is 6.55. The van der Waals surface area contributed by atoms with Crippen molar-refractivity contribution in [2.24, 2.45) is 0 Å². The maximum absolute atomic E-state index is 4.12. The van der Waals surface area contributed by atoms with Crippen molar-refractivity contribution in [1.82, 2.24) is 9.59 Å². The van der Waals surface area contributed by atoms with Crippen LogP contribution in [0.15, 0.2) is 30.3 Å². The van der Waals surface area contributed by atoms with Gasteiger partial charge >= 0.3 is 0 Å². The van der Waals surface area contributed by atoms with Gasteiger partial charge in [0.25, 0.3) is 0 Å². The van der Waals surface area contributed by atoms with Crippen LogP contribution in [0.1, 0.15) is 8.61 Å². The van der Waals surface area contributed by atoms with Crippen LogP contribution in [0.5, 0.6) is 0 Å². The van der Waals surface area contributed by atoms with Crippen LogP contribution in [0.2, 0.25) is 0 Å². The fraction of sp³-hybridized carbons (Fsp3) is 0.111. The zero-order valence-electron chi connectivity index (χ0n) is 7.02. The SMILES string of the molecule is BrC(Br)c1snnc1-c1ccccc1. The van der Waals surface area contributed by atoms with E-state index >= 15 is 0 Å². The number of halogens is 2. The van der Waals surface area contributed by atoms with Gasteiger partial charge in [0, 0.05) is 5.56 Å². The lowest BCUT2D eigenvalue weighted by Crippen LogP contribution is -1.83. The molecule has 2 nitrogen and oxygen atoms in total. The van der Waals surface area contributed by atoms with Gasteiger partial charge in [-0.1, -0.05) is 66.7 Å². The van der Waals surface area contributed by atoms with Gasteiger partial charge in [-0.05, 0) is 11.5 Å². The zero-order chi connectivity index (χ0) is 9.97. The Bertz CT molecular complexity index is 414. The molecule has 0 unspecified atom stereocenters. The molecule has 0 atom stereocenters. The van der Waals surface area contributed by atoms with Crippen molar-refractivity contribution in [2.75, 3.05) is 0 Å². The zero-order valence-corrected chi connectivity index (χ0v) is 11.0. The number of rotatable bonds is 2. The Morgan fingerprint density at radius 3 is 2.50 bits per heavy atom. The van der Waals surface area contributed by atoms with E-state index in [1.54, 1.807) is 0 Å². The summed E-state index contributed by atoms with van der Waals surface area (Å²) in [6, 6.07) is 10.0. The van der Waals surface area contributed by atoms with Crippen molar-refractivity contribution in [3.8, 4) is 11.3 Å². The lowest BCUT2D eigenvalue weighted by molar-refractivity contribution is 1.15. The molecule has 0 bridgehead atoms. The number of nitrogens with zero attached hydrogens (tertiary/aromatic N) is 2. The molecule has 14 heavy (non-hydrogen) atoms. The molecule has 1 aromatic heterocycles. The summed E-state index contributed by atoms with van der Waals surface area (Å²) >= 11 is 8.31. The number of benzene rings is 1. The second-order valence-corrected chi connectivity index (χ2v) is 6.50. The van der Waals surface area contributed by atoms with Crippen LogP contribution >= 0.6 is 43.4 Å². The Labute approximate surface area is 103 Å². The third-order valence-electron chi connectivity index (χ3n) is 1.76. The van der Waals surface area contributed by atoms with E-state index in [1.807, 2.05) is 30.3 Å². The number of aromatic nitrogens is 2.